The Morgan fingerprint density at radius 3 is 2.36 bits per heavy atom. The molecule has 0 atom stereocenters. The molecule has 1 aromatic carbocycles. The van der Waals surface area contributed by atoms with Gasteiger partial charge in [-0.1, -0.05) is 30.3 Å². The summed E-state index contributed by atoms with van der Waals surface area (Å²) >= 11 is 1.04. The number of likely N-dealkylation sites (N-methyl/N-ethyl adjacent to an activating group) is 1. The molecule has 2 aromatic rings. The quantitative estimate of drug-likeness (QED) is 0.694. The van der Waals surface area contributed by atoms with Crippen LogP contribution < -0.4 is 10.6 Å². The highest BCUT2D eigenvalue weighted by Crippen LogP contribution is 2.04. The van der Waals surface area contributed by atoms with Crippen LogP contribution in [0.5, 0.6) is 0 Å². The van der Waals surface area contributed by atoms with Gasteiger partial charge in [0.15, 0.2) is 0 Å². The number of hydrogen-bond acceptors (Lipinski definition) is 5. The van der Waals surface area contributed by atoms with Gasteiger partial charge in [0, 0.05) is 44.3 Å². The van der Waals surface area contributed by atoms with Crippen LogP contribution in [0.25, 0.3) is 0 Å². The zero-order valence-corrected chi connectivity index (χ0v) is 15.6. The van der Waals surface area contributed by atoms with Gasteiger partial charge in [0.05, 0.1) is 6.54 Å². The van der Waals surface area contributed by atoms with Crippen molar-refractivity contribution in [2.24, 2.45) is 0 Å². The van der Waals surface area contributed by atoms with Gasteiger partial charge in [0.2, 0.25) is 0 Å². The van der Waals surface area contributed by atoms with Gasteiger partial charge in [-0.3, -0.25) is 4.79 Å². The van der Waals surface area contributed by atoms with E-state index < -0.39 is 0 Å². The van der Waals surface area contributed by atoms with Crippen molar-refractivity contribution in [1.82, 2.24) is 18.3 Å². The molecule has 7 heteroatoms. The summed E-state index contributed by atoms with van der Waals surface area (Å²) in [6.07, 6.45) is 1.98. The number of benzene rings is 1. The standard InChI is InChI=1S/C18H26N4O2S/c1-19-11-13-20(14-12-19)9-5-6-10-22-17(23)21(18(24)25-22)15-16-7-3-2-4-8-16/h2-4,7-8H,5-6,9-15H2,1H3. The Morgan fingerprint density at radius 2 is 1.64 bits per heavy atom. The predicted molar refractivity (Wildman–Crippen MR) is 102 cm³/mol. The average Bonchev–Trinajstić information content (AvgIpc) is 2.89. The second kappa shape index (κ2) is 8.60. The lowest BCUT2D eigenvalue weighted by Gasteiger charge is -2.32. The van der Waals surface area contributed by atoms with Gasteiger partial charge in [-0.25, -0.2) is 13.3 Å². The third kappa shape index (κ3) is 4.90. The second-order valence-electron chi connectivity index (χ2n) is 6.67. The van der Waals surface area contributed by atoms with Crippen molar-refractivity contribution in [2.45, 2.75) is 25.9 Å². The van der Waals surface area contributed by atoms with Crippen LogP contribution in [0.15, 0.2) is 39.9 Å². The Hall–Kier alpha value is -1.70. The molecule has 0 radical (unpaired) electrons. The van der Waals surface area contributed by atoms with E-state index in [4.69, 9.17) is 0 Å². The Morgan fingerprint density at radius 1 is 0.960 bits per heavy atom. The largest absolute Gasteiger partial charge is 0.341 e. The van der Waals surface area contributed by atoms with Gasteiger partial charge in [0.25, 0.3) is 0 Å². The first-order chi connectivity index (χ1) is 12.1. The molecule has 0 N–H and O–H groups in total. The molecule has 0 amide bonds. The molecule has 1 fully saturated rings. The molecule has 3 rings (SSSR count). The number of nitrogens with zero attached hydrogens (tertiary/aromatic N) is 4. The van der Waals surface area contributed by atoms with Crippen molar-refractivity contribution in [1.29, 1.82) is 0 Å². The van der Waals surface area contributed by atoms with Crippen LogP contribution in [0, 0.1) is 0 Å². The van der Waals surface area contributed by atoms with Crippen molar-refractivity contribution in [3.8, 4) is 0 Å². The summed E-state index contributed by atoms with van der Waals surface area (Å²) in [7, 11) is 2.16. The minimum Gasteiger partial charge on any atom is -0.304 e. The molecule has 0 saturated carbocycles. The number of hydrogen-bond donors (Lipinski definition) is 0. The highest BCUT2D eigenvalue weighted by molar-refractivity contribution is 7.03. The van der Waals surface area contributed by atoms with E-state index in [2.05, 4.69) is 16.8 Å². The smallest absolute Gasteiger partial charge is 0.304 e. The van der Waals surface area contributed by atoms with Crippen molar-refractivity contribution in [3.05, 3.63) is 56.0 Å². The van der Waals surface area contributed by atoms with Crippen LogP contribution in [-0.2, 0) is 13.1 Å². The van der Waals surface area contributed by atoms with E-state index >= 15 is 0 Å². The predicted octanol–water partition coefficient (Wildman–Crippen LogP) is 1.15. The summed E-state index contributed by atoms with van der Waals surface area (Å²) in [5.41, 5.74) is 0.792. The fourth-order valence-electron chi connectivity index (χ4n) is 3.10. The Labute approximate surface area is 152 Å². The van der Waals surface area contributed by atoms with E-state index in [-0.39, 0.29) is 10.6 Å². The highest BCUT2D eigenvalue weighted by atomic mass is 32.1. The maximum absolute atomic E-state index is 12.4. The van der Waals surface area contributed by atoms with Crippen LogP contribution in [0.3, 0.4) is 0 Å². The molecule has 1 aliphatic heterocycles. The lowest BCUT2D eigenvalue weighted by Crippen LogP contribution is -2.44. The molecule has 0 spiro atoms. The molecule has 0 unspecified atom stereocenters. The normalized spacial score (nSPS) is 16.4. The first-order valence-electron chi connectivity index (χ1n) is 8.89. The van der Waals surface area contributed by atoms with Crippen LogP contribution in [0.1, 0.15) is 18.4 Å². The summed E-state index contributed by atoms with van der Waals surface area (Å²) < 4.78 is 2.94. The van der Waals surface area contributed by atoms with Gasteiger partial charge in [-0.2, -0.15) is 0 Å². The van der Waals surface area contributed by atoms with Crippen molar-refractivity contribution < 1.29 is 0 Å². The number of unbranched alkanes of at least 4 members (excludes halogenated alkanes) is 1. The molecular formula is C18H26N4O2S. The Kier molecular flexibility index (Phi) is 6.23. The number of rotatable bonds is 7. The van der Waals surface area contributed by atoms with Crippen LogP contribution >= 0.6 is 11.5 Å². The SMILES string of the molecule is CN1CCN(CCCCn2sc(=O)n(Cc3ccccc3)c2=O)CC1. The average molecular weight is 362 g/mol. The molecule has 6 nitrogen and oxygen atoms in total. The summed E-state index contributed by atoms with van der Waals surface area (Å²) in [5.74, 6) is 0. The topological polar surface area (TPSA) is 50.5 Å². The van der Waals surface area contributed by atoms with Gasteiger partial charge in [-0.15, -0.1) is 0 Å². The van der Waals surface area contributed by atoms with Crippen LogP contribution in [0.4, 0.5) is 0 Å². The lowest BCUT2D eigenvalue weighted by atomic mass is 10.2. The summed E-state index contributed by atoms with van der Waals surface area (Å²) in [5, 5.41) is 0. The molecule has 0 bridgehead atoms. The van der Waals surface area contributed by atoms with E-state index in [1.807, 2.05) is 30.3 Å². The summed E-state index contributed by atoms with van der Waals surface area (Å²) in [6.45, 7) is 6.56. The second-order valence-corrected chi connectivity index (χ2v) is 7.64. The molecular weight excluding hydrogens is 336 g/mol. The van der Waals surface area contributed by atoms with Gasteiger partial charge >= 0.3 is 10.6 Å². The number of aromatic nitrogens is 2. The zero-order chi connectivity index (χ0) is 17.6. The van der Waals surface area contributed by atoms with Gasteiger partial charge in [0.1, 0.15) is 0 Å². The van der Waals surface area contributed by atoms with E-state index in [1.165, 1.54) is 4.57 Å². The molecule has 1 aliphatic rings. The van der Waals surface area contributed by atoms with Gasteiger partial charge < -0.3 is 9.80 Å². The summed E-state index contributed by atoms with van der Waals surface area (Å²) in [4.78, 5) is 29.2. The third-order valence-electron chi connectivity index (χ3n) is 4.72. The zero-order valence-electron chi connectivity index (χ0n) is 14.8. The van der Waals surface area contributed by atoms with E-state index in [1.54, 1.807) is 3.96 Å². The maximum Gasteiger partial charge on any atom is 0.341 e. The Balaban J connectivity index is 1.51. The first-order valence-corrected chi connectivity index (χ1v) is 9.66. The molecule has 2 heterocycles. The molecule has 1 saturated heterocycles. The molecule has 0 aliphatic carbocycles. The Bertz CT molecular complexity index is 772. The highest BCUT2D eigenvalue weighted by Gasteiger charge is 2.13. The van der Waals surface area contributed by atoms with E-state index in [0.29, 0.717) is 13.1 Å². The van der Waals surface area contributed by atoms with Crippen LogP contribution in [-0.4, -0.2) is 58.1 Å². The molecule has 136 valence electrons. The van der Waals surface area contributed by atoms with Crippen molar-refractivity contribution in [2.75, 3.05) is 39.8 Å². The minimum atomic E-state index is -0.182. The number of aryl methyl sites for hydroxylation is 1. The summed E-state index contributed by atoms with van der Waals surface area (Å²) in [6, 6.07) is 9.64. The number of piperazine rings is 1. The first kappa shape index (κ1) is 18.1. The van der Waals surface area contributed by atoms with Gasteiger partial charge in [-0.05, 0) is 32.0 Å². The third-order valence-corrected chi connectivity index (χ3v) is 5.65. The van der Waals surface area contributed by atoms with Crippen molar-refractivity contribution in [3.63, 3.8) is 0 Å². The van der Waals surface area contributed by atoms with Crippen LogP contribution in [0.2, 0.25) is 0 Å². The van der Waals surface area contributed by atoms with Crippen molar-refractivity contribution >= 4 is 11.5 Å². The maximum atomic E-state index is 12.4. The van der Waals surface area contributed by atoms with E-state index in [9.17, 15) is 9.59 Å². The van der Waals surface area contributed by atoms with E-state index in [0.717, 1.165) is 62.7 Å². The molecule has 25 heavy (non-hydrogen) atoms. The fourth-order valence-corrected chi connectivity index (χ4v) is 3.92. The molecule has 1 aromatic heterocycles. The fraction of sp³-hybridized carbons (Fsp3) is 0.556. The lowest BCUT2D eigenvalue weighted by molar-refractivity contribution is 0.152. The monoisotopic (exact) mass is 362 g/mol. The minimum absolute atomic E-state index is 0.173.